The summed E-state index contributed by atoms with van der Waals surface area (Å²) in [5.41, 5.74) is 0.237. The van der Waals surface area contributed by atoms with Gasteiger partial charge in [-0.1, -0.05) is 0 Å². The van der Waals surface area contributed by atoms with Gasteiger partial charge in [-0.15, -0.1) is 0 Å². The van der Waals surface area contributed by atoms with Crippen LogP contribution >= 0.6 is 0 Å². The molecule has 0 aliphatic heterocycles. The van der Waals surface area contributed by atoms with Gasteiger partial charge in [0.05, 0.1) is 17.9 Å². The Labute approximate surface area is 92.3 Å². The smallest absolute Gasteiger partial charge is 0.546 e. The standard InChI is InChI=1S/C8H8FNO3.Li/c1-5-7(9)2-6(3-10-5)13-4-8(11)12;/h2-3H,4H2,1H3,(H,11,12);/q;+1/p-1. The predicted molar refractivity (Wildman–Crippen MR) is 39.4 cm³/mol. The molecule has 0 saturated heterocycles. The van der Waals surface area contributed by atoms with E-state index in [-0.39, 0.29) is 30.3 Å². The first-order valence-electron chi connectivity index (χ1n) is 3.54. The molecule has 1 aromatic rings. The number of aryl methyl sites for hydroxylation is 1. The molecular weight excluding hydrogens is 184 g/mol. The number of ether oxygens (including phenoxy) is 1. The van der Waals surface area contributed by atoms with Gasteiger partial charge in [0.25, 0.3) is 0 Å². The van der Waals surface area contributed by atoms with E-state index >= 15 is 0 Å². The zero-order valence-electron chi connectivity index (χ0n) is 7.91. The van der Waals surface area contributed by atoms with Crippen LogP contribution in [0.3, 0.4) is 0 Å². The number of carbonyl (C=O) groups is 1. The number of aliphatic carboxylic acids is 1. The van der Waals surface area contributed by atoms with Crippen molar-refractivity contribution in [2.45, 2.75) is 6.92 Å². The van der Waals surface area contributed by atoms with E-state index in [9.17, 15) is 14.3 Å². The van der Waals surface area contributed by atoms with E-state index in [4.69, 9.17) is 0 Å². The van der Waals surface area contributed by atoms with Crippen LogP contribution in [-0.4, -0.2) is 17.6 Å². The van der Waals surface area contributed by atoms with E-state index in [1.54, 1.807) is 0 Å². The van der Waals surface area contributed by atoms with Gasteiger partial charge >= 0.3 is 18.9 Å². The molecule has 0 fully saturated rings. The summed E-state index contributed by atoms with van der Waals surface area (Å²) in [6, 6.07) is 1.07. The fourth-order valence-electron chi connectivity index (χ4n) is 0.710. The van der Waals surface area contributed by atoms with Gasteiger partial charge in [0.1, 0.15) is 18.2 Å². The Kier molecular flexibility index (Phi) is 5.21. The molecule has 0 aliphatic rings. The molecule has 1 heterocycles. The van der Waals surface area contributed by atoms with Crippen LogP contribution in [0.15, 0.2) is 12.3 Å². The van der Waals surface area contributed by atoms with Crippen LogP contribution in [-0.2, 0) is 4.79 Å². The van der Waals surface area contributed by atoms with Crippen LogP contribution in [0, 0.1) is 12.7 Å². The summed E-state index contributed by atoms with van der Waals surface area (Å²) in [4.78, 5) is 13.6. The Morgan fingerprint density at radius 2 is 2.36 bits per heavy atom. The maximum atomic E-state index is 12.8. The number of rotatable bonds is 3. The van der Waals surface area contributed by atoms with Crippen molar-refractivity contribution in [3.63, 3.8) is 0 Å². The largest absolute Gasteiger partial charge is 1.00 e. The topological polar surface area (TPSA) is 62.2 Å². The number of aromatic nitrogens is 1. The molecule has 0 bridgehead atoms. The van der Waals surface area contributed by atoms with Crippen molar-refractivity contribution in [1.82, 2.24) is 4.98 Å². The number of carboxylic acid groups (broad SMARTS) is 1. The maximum Gasteiger partial charge on any atom is 1.00 e. The summed E-state index contributed by atoms with van der Waals surface area (Å²) in [7, 11) is 0. The summed E-state index contributed by atoms with van der Waals surface area (Å²) >= 11 is 0. The van der Waals surface area contributed by atoms with E-state index in [2.05, 4.69) is 9.72 Å². The quantitative estimate of drug-likeness (QED) is 0.468. The Hall–Kier alpha value is -1.05. The zero-order valence-corrected chi connectivity index (χ0v) is 7.91. The average molecular weight is 191 g/mol. The van der Waals surface area contributed by atoms with Gasteiger partial charge in [-0.05, 0) is 6.92 Å². The second-order valence-electron chi connectivity index (χ2n) is 2.40. The molecule has 0 amide bonds. The van der Waals surface area contributed by atoms with E-state index in [0.29, 0.717) is 0 Å². The minimum atomic E-state index is -1.36. The molecule has 1 aromatic heterocycles. The van der Waals surface area contributed by atoms with Crippen LogP contribution in [0.4, 0.5) is 4.39 Å². The molecule has 0 aliphatic carbocycles. The first kappa shape index (κ1) is 12.9. The van der Waals surface area contributed by atoms with E-state index < -0.39 is 18.4 Å². The second kappa shape index (κ2) is 5.63. The minimum absolute atomic E-state index is 0. The van der Waals surface area contributed by atoms with Gasteiger partial charge in [-0.2, -0.15) is 0 Å². The number of halogens is 1. The van der Waals surface area contributed by atoms with Gasteiger partial charge in [-0.25, -0.2) is 4.39 Å². The number of pyridine rings is 1. The molecule has 4 nitrogen and oxygen atoms in total. The maximum absolute atomic E-state index is 12.8. The number of carbonyl (C=O) groups excluding carboxylic acids is 1. The summed E-state index contributed by atoms with van der Waals surface area (Å²) in [6.07, 6.45) is 1.25. The molecule has 1 rings (SSSR count). The first-order valence-corrected chi connectivity index (χ1v) is 3.54. The van der Waals surface area contributed by atoms with Crippen molar-refractivity contribution in [1.29, 1.82) is 0 Å². The molecule has 0 atom stereocenters. The SMILES string of the molecule is Cc1ncc(OCC(=O)[O-])cc1F.[Li+]. The minimum Gasteiger partial charge on any atom is -0.546 e. The van der Waals surface area contributed by atoms with Gasteiger partial charge in [0.2, 0.25) is 0 Å². The van der Waals surface area contributed by atoms with Crippen LogP contribution in [0.5, 0.6) is 5.75 Å². The molecule has 0 radical (unpaired) electrons. The number of hydrogen-bond donors (Lipinski definition) is 0. The van der Waals surface area contributed by atoms with E-state index in [1.807, 2.05) is 0 Å². The molecule has 0 unspecified atom stereocenters. The van der Waals surface area contributed by atoms with Gasteiger partial charge < -0.3 is 14.6 Å². The van der Waals surface area contributed by atoms with Crippen LogP contribution in [0.25, 0.3) is 0 Å². The van der Waals surface area contributed by atoms with Crippen molar-refractivity contribution < 1.29 is 37.9 Å². The summed E-state index contributed by atoms with van der Waals surface area (Å²) in [6.45, 7) is 0.891. The Bertz CT molecular complexity index is 332. The Balaban J connectivity index is 0.00000169. The Morgan fingerprint density at radius 3 is 2.86 bits per heavy atom. The molecule has 6 heteroatoms. The third-order valence-electron chi connectivity index (χ3n) is 1.36. The fourth-order valence-corrected chi connectivity index (χ4v) is 0.710. The van der Waals surface area contributed by atoms with Crippen molar-refractivity contribution in [2.75, 3.05) is 6.61 Å². The second-order valence-corrected chi connectivity index (χ2v) is 2.40. The monoisotopic (exact) mass is 191 g/mol. The van der Waals surface area contributed by atoms with Crippen molar-refractivity contribution >= 4 is 5.97 Å². The third kappa shape index (κ3) is 3.77. The van der Waals surface area contributed by atoms with Gasteiger partial charge in [0.15, 0.2) is 0 Å². The van der Waals surface area contributed by atoms with Crippen LogP contribution in [0.2, 0.25) is 0 Å². The molecule has 0 saturated carbocycles. The molecule has 0 aromatic carbocycles. The fraction of sp³-hybridized carbons (Fsp3) is 0.250. The molecule has 0 spiro atoms. The summed E-state index contributed by atoms with van der Waals surface area (Å²) in [5.74, 6) is -1.82. The van der Waals surface area contributed by atoms with E-state index in [0.717, 1.165) is 6.07 Å². The molecular formula is C8H7FLiNO3. The van der Waals surface area contributed by atoms with Crippen LogP contribution in [0.1, 0.15) is 5.69 Å². The molecule has 0 N–H and O–H groups in total. The van der Waals surface area contributed by atoms with Crippen LogP contribution < -0.4 is 28.7 Å². The van der Waals surface area contributed by atoms with Crippen molar-refractivity contribution in [2.24, 2.45) is 0 Å². The molecule has 14 heavy (non-hydrogen) atoms. The van der Waals surface area contributed by atoms with Crippen molar-refractivity contribution in [3.05, 3.63) is 23.8 Å². The van der Waals surface area contributed by atoms with Gasteiger partial charge in [0, 0.05) is 6.07 Å². The number of nitrogens with zero attached hydrogens (tertiary/aromatic N) is 1. The first-order chi connectivity index (χ1) is 6.09. The molecule has 70 valence electrons. The Morgan fingerprint density at radius 1 is 1.71 bits per heavy atom. The summed E-state index contributed by atoms with van der Waals surface area (Å²) < 4.78 is 17.4. The third-order valence-corrected chi connectivity index (χ3v) is 1.36. The van der Waals surface area contributed by atoms with Gasteiger partial charge in [-0.3, -0.25) is 4.98 Å². The summed E-state index contributed by atoms with van der Waals surface area (Å²) in [5, 5.41) is 9.97. The predicted octanol–water partition coefficient (Wildman–Crippen LogP) is -3.34. The normalized spacial score (nSPS) is 9.00. The average Bonchev–Trinajstić information content (AvgIpc) is 2.07. The zero-order chi connectivity index (χ0) is 9.84. The van der Waals surface area contributed by atoms with E-state index in [1.165, 1.54) is 13.1 Å². The number of hydrogen-bond acceptors (Lipinski definition) is 4. The van der Waals surface area contributed by atoms with Crippen molar-refractivity contribution in [3.8, 4) is 5.75 Å². The number of carboxylic acids is 1.